The van der Waals surface area contributed by atoms with Crippen LogP contribution in [-0.2, 0) is 11.3 Å². The van der Waals surface area contributed by atoms with Gasteiger partial charge in [-0.15, -0.1) is 11.3 Å². The van der Waals surface area contributed by atoms with Crippen molar-refractivity contribution in [2.45, 2.75) is 25.9 Å². The van der Waals surface area contributed by atoms with Gasteiger partial charge in [-0.25, -0.2) is 4.68 Å². The normalized spacial score (nSPS) is 12.2. The zero-order chi connectivity index (χ0) is 17.1. The van der Waals surface area contributed by atoms with Gasteiger partial charge in [0, 0.05) is 11.3 Å². The average Bonchev–Trinajstić information content (AvgIpc) is 3.11. The Bertz CT molecular complexity index is 973. The van der Waals surface area contributed by atoms with E-state index < -0.39 is 0 Å². The molecule has 2 N–H and O–H groups in total. The fourth-order valence-electron chi connectivity index (χ4n) is 2.54. The molecule has 24 heavy (non-hydrogen) atoms. The van der Waals surface area contributed by atoms with Crippen molar-refractivity contribution in [1.29, 1.82) is 0 Å². The van der Waals surface area contributed by atoms with E-state index in [1.54, 1.807) is 35.6 Å². The molecule has 0 saturated carbocycles. The van der Waals surface area contributed by atoms with Gasteiger partial charge in [-0.3, -0.25) is 19.5 Å². The highest BCUT2D eigenvalue weighted by Crippen LogP contribution is 2.18. The number of carbonyl (C=O) groups excluding carboxylic acids is 1. The SMILES string of the molecule is C[C@H](NC(=O)CCn1[nH]c(=O)c2ccccc2c1=O)c1cccs1. The molecule has 0 radical (unpaired) electrons. The van der Waals surface area contributed by atoms with E-state index in [1.165, 1.54) is 4.68 Å². The molecule has 6 nitrogen and oxygen atoms in total. The molecule has 0 bridgehead atoms. The Kier molecular flexibility index (Phi) is 4.61. The smallest absolute Gasteiger partial charge is 0.273 e. The number of aromatic nitrogens is 2. The number of amides is 1. The zero-order valence-electron chi connectivity index (χ0n) is 13.1. The molecule has 1 amide bonds. The number of thiophene rings is 1. The third kappa shape index (κ3) is 3.30. The largest absolute Gasteiger partial charge is 0.349 e. The lowest BCUT2D eigenvalue weighted by Crippen LogP contribution is -2.33. The molecule has 0 fully saturated rings. The van der Waals surface area contributed by atoms with Crippen LogP contribution in [-0.4, -0.2) is 15.7 Å². The van der Waals surface area contributed by atoms with Crippen LogP contribution in [0.3, 0.4) is 0 Å². The summed E-state index contributed by atoms with van der Waals surface area (Å²) >= 11 is 1.58. The lowest BCUT2D eigenvalue weighted by atomic mass is 10.2. The summed E-state index contributed by atoms with van der Waals surface area (Å²) in [5.74, 6) is -0.170. The van der Waals surface area contributed by atoms with Crippen molar-refractivity contribution >= 4 is 28.0 Å². The number of benzene rings is 1. The summed E-state index contributed by atoms with van der Waals surface area (Å²) in [6.45, 7) is 2.04. The second kappa shape index (κ2) is 6.84. The standard InChI is InChI=1S/C17H17N3O3S/c1-11(14-7-4-10-24-14)18-15(21)8-9-20-17(23)13-6-3-2-5-12(13)16(22)19-20/h2-7,10-11H,8-9H2,1H3,(H,18,21)(H,19,22)/t11-/m0/s1. The van der Waals surface area contributed by atoms with Gasteiger partial charge in [0.2, 0.25) is 5.91 Å². The van der Waals surface area contributed by atoms with Crippen LogP contribution in [0.1, 0.15) is 24.3 Å². The average molecular weight is 343 g/mol. The van der Waals surface area contributed by atoms with Crippen LogP contribution in [0.5, 0.6) is 0 Å². The number of nitrogens with one attached hydrogen (secondary N) is 2. The quantitative estimate of drug-likeness (QED) is 0.743. The summed E-state index contributed by atoms with van der Waals surface area (Å²) < 4.78 is 1.19. The van der Waals surface area contributed by atoms with Crippen LogP contribution in [0.2, 0.25) is 0 Å². The first kappa shape index (κ1) is 16.2. The number of hydrogen-bond donors (Lipinski definition) is 2. The fraction of sp³-hybridized carbons (Fsp3) is 0.235. The third-order valence-corrected chi connectivity index (χ3v) is 4.85. The van der Waals surface area contributed by atoms with E-state index in [9.17, 15) is 14.4 Å². The second-order valence-electron chi connectivity index (χ2n) is 5.50. The highest BCUT2D eigenvalue weighted by atomic mass is 32.1. The van der Waals surface area contributed by atoms with E-state index in [0.717, 1.165) is 4.88 Å². The molecule has 2 aromatic heterocycles. The lowest BCUT2D eigenvalue weighted by molar-refractivity contribution is -0.122. The number of H-pyrrole nitrogens is 1. The maximum Gasteiger partial charge on any atom is 0.273 e. The van der Waals surface area contributed by atoms with Crippen LogP contribution in [0.25, 0.3) is 10.8 Å². The van der Waals surface area contributed by atoms with E-state index in [2.05, 4.69) is 10.4 Å². The molecule has 2 heterocycles. The lowest BCUT2D eigenvalue weighted by Gasteiger charge is -2.12. The summed E-state index contributed by atoms with van der Waals surface area (Å²) in [4.78, 5) is 37.5. The van der Waals surface area contributed by atoms with Crippen LogP contribution in [0.15, 0.2) is 51.4 Å². The number of nitrogens with zero attached hydrogens (tertiary/aromatic N) is 1. The number of fused-ring (bicyclic) bond motifs is 1. The molecule has 1 aromatic carbocycles. The van der Waals surface area contributed by atoms with Gasteiger partial charge >= 0.3 is 0 Å². The minimum atomic E-state index is -0.336. The first-order chi connectivity index (χ1) is 11.6. The molecule has 0 unspecified atom stereocenters. The molecule has 0 aliphatic rings. The minimum Gasteiger partial charge on any atom is -0.349 e. The predicted octanol–water partition coefficient (Wildman–Crippen LogP) is 2.02. The van der Waals surface area contributed by atoms with Gasteiger partial charge in [-0.2, -0.15) is 0 Å². The number of aromatic amines is 1. The predicted molar refractivity (Wildman–Crippen MR) is 94.3 cm³/mol. The number of carbonyl (C=O) groups is 1. The minimum absolute atomic E-state index is 0.0788. The Morgan fingerprint density at radius 3 is 2.67 bits per heavy atom. The number of rotatable bonds is 5. The van der Waals surface area contributed by atoms with Crippen molar-refractivity contribution in [1.82, 2.24) is 15.1 Å². The Hall–Kier alpha value is -2.67. The molecule has 0 aliphatic carbocycles. The van der Waals surface area contributed by atoms with Crippen LogP contribution in [0, 0.1) is 0 Å². The Balaban J connectivity index is 1.72. The van der Waals surface area contributed by atoms with Crippen molar-refractivity contribution in [3.63, 3.8) is 0 Å². The molecule has 3 rings (SSSR count). The summed E-state index contributed by atoms with van der Waals surface area (Å²) in [6.07, 6.45) is 0.115. The van der Waals surface area contributed by atoms with Crippen LogP contribution in [0.4, 0.5) is 0 Å². The van der Waals surface area contributed by atoms with Gasteiger partial charge in [-0.05, 0) is 30.5 Å². The first-order valence-corrected chi connectivity index (χ1v) is 8.49. The van der Waals surface area contributed by atoms with Crippen molar-refractivity contribution in [3.05, 3.63) is 67.4 Å². The van der Waals surface area contributed by atoms with Gasteiger partial charge in [0.25, 0.3) is 11.1 Å². The third-order valence-electron chi connectivity index (χ3n) is 3.79. The monoisotopic (exact) mass is 343 g/mol. The van der Waals surface area contributed by atoms with Gasteiger partial charge in [0.15, 0.2) is 0 Å². The Morgan fingerprint density at radius 1 is 1.21 bits per heavy atom. The molecular formula is C17H17N3O3S. The topological polar surface area (TPSA) is 84.0 Å². The first-order valence-electron chi connectivity index (χ1n) is 7.61. The van der Waals surface area contributed by atoms with Crippen molar-refractivity contribution in [3.8, 4) is 0 Å². The summed E-state index contributed by atoms with van der Waals surface area (Å²) in [6, 6.07) is 10.5. The molecule has 0 saturated heterocycles. The summed E-state index contributed by atoms with van der Waals surface area (Å²) in [5.41, 5.74) is -0.637. The number of hydrogen-bond acceptors (Lipinski definition) is 4. The molecule has 0 aliphatic heterocycles. The Labute approximate surface area is 141 Å². The van der Waals surface area contributed by atoms with E-state index >= 15 is 0 Å². The molecule has 7 heteroatoms. The molecular weight excluding hydrogens is 326 g/mol. The highest BCUT2D eigenvalue weighted by Gasteiger charge is 2.12. The molecule has 124 valence electrons. The van der Waals surface area contributed by atoms with Crippen molar-refractivity contribution in [2.75, 3.05) is 0 Å². The van der Waals surface area contributed by atoms with E-state index in [1.807, 2.05) is 24.4 Å². The summed E-state index contributed by atoms with van der Waals surface area (Å²) in [5, 5.41) is 8.08. The van der Waals surface area contributed by atoms with Gasteiger partial charge in [-0.1, -0.05) is 18.2 Å². The molecule has 1 atom stereocenters. The van der Waals surface area contributed by atoms with Gasteiger partial charge in [0.05, 0.1) is 23.4 Å². The van der Waals surface area contributed by atoms with Gasteiger partial charge < -0.3 is 5.32 Å². The van der Waals surface area contributed by atoms with Crippen LogP contribution >= 0.6 is 11.3 Å². The molecule has 3 aromatic rings. The Morgan fingerprint density at radius 2 is 1.96 bits per heavy atom. The van der Waals surface area contributed by atoms with Gasteiger partial charge in [0.1, 0.15) is 0 Å². The highest BCUT2D eigenvalue weighted by molar-refractivity contribution is 7.10. The van der Waals surface area contributed by atoms with E-state index in [4.69, 9.17) is 0 Å². The maximum absolute atomic E-state index is 12.4. The zero-order valence-corrected chi connectivity index (χ0v) is 13.9. The van der Waals surface area contributed by atoms with Crippen molar-refractivity contribution in [2.24, 2.45) is 0 Å². The summed E-state index contributed by atoms with van der Waals surface area (Å²) in [7, 11) is 0. The fourth-order valence-corrected chi connectivity index (χ4v) is 3.27. The van der Waals surface area contributed by atoms with Crippen molar-refractivity contribution < 1.29 is 4.79 Å². The van der Waals surface area contributed by atoms with E-state index in [0.29, 0.717) is 10.8 Å². The number of aryl methyl sites for hydroxylation is 1. The van der Waals surface area contributed by atoms with E-state index in [-0.39, 0.29) is 36.0 Å². The second-order valence-corrected chi connectivity index (χ2v) is 6.48. The maximum atomic E-state index is 12.4. The molecule has 0 spiro atoms. The van der Waals surface area contributed by atoms with Crippen LogP contribution < -0.4 is 16.4 Å².